The van der Waals surface area contributed by atoms with Crippen LogP contribution in [-0.4, -0.2) is 57.7 Å². The third-order valence-corrected chi connectivity index (χ3v) is 5.79. The standard InChI is InChI=1S/C22H19N5O6/c28-16-7-6-15-14(16)3-1-4-17(15)33-21-19(27(30)31)20(23-13-24-21)25-8-10-26(11-9-25)22(29)18-5-2-12-32-18/h1-5,12-13H,6-11H2. The number of rotatable bonds is 5. The van der Waals surface area contributed by atoms with Crippen molar-refractivity contribution in [3.8, 4) is 11.6 Å². The van der Waals surface area contributed by atoms with E-state index in [-0.39, 0.29) is 34.8 Å². The molecule has 2 aliphatic rings. The zero-order valence-corrected chi connectivity index (χ0v) is 17.5. The molecule has 1 fully saturated rings. The fourth-order valence-electron chi connectivity index (χ4n) is 4.15. The molecule has 1 aliphatic carbocycles. The van der Waals surface area contributed by atoms with Gasteiger partial charge in [-0.05, 0) is 24.6 Å². The molecule has 0 radical (unpaired) electrons. The Morgan fingerprint density at radius 3 is 2.64 bits per heavy atom. The number of carbonyl (C=O) groups excluding carboxylic acids is 2. The molecule has 33 heavy (non-hydrogen) atoms. The molecule has 5 rings (SSSR count). The number of fused-ring (bicyclic) bond motifs is 1. The lowest BCUT2D eigenvalue weighted by molar-refractivity contribution is -0.385. The Balaban J connectivity index is 1.39. The van der Waals surface area contributed by atoms with Crippen LogP contribution in [0.1, 0.15) is 32.9 Å². The largest absolute Gasteiger partial charge is 0.459 e. The average molecular weight is 449 g/mol. The highest BCUT2D eigenvalue weighted by Crippen LogP contribution is 2.39. The molecule has 11 nitrogen and oxygen atoms in total. The van der Waals surface area contributed by atoms with Crippen molar-refractivity contribution in [2.45, 2.75) is 12.8 Å². The van der Waals surface area contributed by atoms with Crippen molar-refractivity contribution < 1.29 is 23.7 Å². The highest BCUT2D eigenvalue weighted by Gasteiger charge is 2.33. The Morgan fingerprint density at radius 2 is 1.91 bits per heavy atom. The molecule has 1 amide bonds. The van der Waals surface area contributed by atoms with Crippen LogP contribution in [0.3, 0.4) is 0 Å². The van der Waals surface area contributed by atoms with Gasteiger partial charge in [0.1, 0.15) is 12.1 Å². The van der Waals surface area contributed by atoms with Crippen LogP contribution in [0.5, 0.6) is 11.6 Å². The number of nitrogens with zero attached hydrogens (tertiary/aromatic N) is 5. The Kier molecular flexibility index (Phi) is 5.21. The van der Waals surface area contributed by atoms with Gasteiger partial charge in [-0.25, -0.2) is 4.98 Å². The van der Waals surface area contributed by atoms with Gasteiger partial charge in [-0.1, -0.05) is 12.1 Å². The summed E-state index contributed by atoms with van der Waals surface area (Å²) in [7, 11) is 0. The Bertz CT molecular complexity index is 1230. The summed E-state index contributed by atoms with van der Waals surface area (Å²) < 4.78 is 11.0. The molecule has 0 atom stereocenters. The molecule has 3 aromatic rings. The first-order chi connectivity index (χ1) is 16.0. The normalized spacial score (nSPS) is 15.5. The van der Waals surface area contributed by atoms with Crippen molar-refractivity contribution in [2.24, 2.45) is 0 Å². The number of hydrogen-bond acceptors (Lipinski definition) is 9. The molecule has 0 bridgehead atoms. The molecule has 1 aromatic carbocycles. The van der Waals surface area contributed by atoms with Crippen LogP contribution in [0, 0.1) is 10.1 Å². The molecule has 0 unspecified atom stereocenters. The minimum atomic E-state index is -0.570. The van der Waals surface area contributed by atoms with E-state index in [9.17, 15) is 19.7 Å². The summed E-state index contributed by atoms with van der Waals surface area (Å²) in [5.41, 5.74) is 0.939. The summed E-state index contributed by atoms with van der Waals surface area (Å²) in [6.45, 7) is 1.40. The van der Waals surface area contributed by atoms with E-state index in [0.717, 1.165) is 5.56 Å². The summed E-state index contributed by atoms with van der Waals surface area (Å²) in [4.78, 5) is 47.4. The topological polar surface area (TPSA) is 132 Å². The second-order valence-electron chi connectivity index (χ2n) is 7.67. The molecule has 168 valence electrons. The second kappa shape index (κ2) is 8.34. The number of carbonyl (C=O) groups is 2. The van der Waals surface area contributed by atoms with Crippen molar-refractivity contribution in [1.29, 1.82) is 0 Å². The lowest BCUT2D eigenvalue weighted by Gasteiger charge is -2.34. The number of ketones is 1. The zero-order chi connectivity index (χ0) is 22.9. The summed E-state index contributed by atoms with van der Waals surface area (Å²) in [6, 6.07) is 8.32. The third-order valence-electron chi connectivity index (χ3n) is 5.79. The molecule has 3 heterocycles. The number of hydrogen-bond donors (Lipinski definition) is 0. The van der Waals surface area contributed by atoms with Crippen molar-refractivity contribution in [3.63, 3.8) is 0 Å². The Labute approximate surface area is 187 Å². The maximum Gasteiger partial charge on any atom is 0.373 e. The maximum atomic E-state index is 12.5. The van der Waals surface area contributed by atoms with Crippen molar-refractivity contribution in [3.05, 3.63) is 69.9 Å². The van der Waals surface area contributed by atoms with E-state index in [0.29, 0.717) is 50.3 Å². The quantitative estimate of drug-likeness (QED) is 0.426. The predicted octanol–water partition coefficient (Wildman–Crippen LogP) is 2.86. The van der Waals surface area contributed by atoms with Crippen molar-refractivity contribution >= 4 is 23.2 Å². The summed E-state index contributed by atoms with van der Waals surface area (Å²) in [6.07, 6.45) is 3.55. The van der Waals surface area contributed by atoms with Gasteiger partial charge in [-0.2, -0.15) is 4.98 Å². The number of ether oxygens (including phenoxy) is 1. The smallest absolute Gasteiger partial charge is 0.373 e. The maximum absolute atomic E-state index is 12.5. The molecular weight excluding hydrogens is 430 g/mol. The van der Waals surface area contributed by atoms with E-state index < -0.39 is 4.92 Å². The number of piperazine rings is 1. The van der Waals surface area contributed by atoms with Gasteiger partial charge >= 0.3 is 11.6 Å². The average Bonchev–Trinajstić information content (AvgIpc) is 3.50. The van der Waals surface area contributed by atoms with Crippen LogP contribution >= 0.6 is 0 Å². The lowest BCUT2D eigenvalue weighted by Crippen LogP contribution is -2.49. The van der Waals surface area contributed by atoms with Crippen molar-refractivity contribution in [1.82, 2.24) is 14.9 Å². The molecule has 1 aliphatic heterocycles. The van der Waals surface area contributed by atoms with E-state index in [1.165, 1.54) is 12.6 Å². The van der Waals surface area contributed by atoms with Gasteiger partial charge in [0.25, 0.3) is 5.91 Å². The third kappa shape index (κ3) is 3.77. The molecule has 2 aromatic heterocycles. The zero-order valence-electron chi connectivity index (χ0n) is 17.5. The van der Waals surface area contributed by atoms with E-state index in [1.807, 2.05) is 0 Å². The van der Waals surface area contributed by atoms with Crippen LogP contribution in [0.15, 0.2) is 47.3 Å². The van der Waals surface area contributed by atoms with Gasteiger partial charge in [0.05, 0.1) is 11.2 Å². The van der Waals surface area contributed by atoms with E-state index in [2.05, 4.69) is 9.97 Å². The minimum Gasteiger partial charge on any atom is -0.459 e. The molecule has 0 saturated carbocycles. The summed E-state index contributed by atoms with van der Waals surface area (Å²) >= 11 is 0. The Morgan fingerprint density at radius 1 is 1.09 bits per heavy atom. The second-order valence-corrected chi connectivity index (χ2v) is 7.67. The van der Waals surface area contributed by atoms with E-state index in [4.69, 9.17) is 9.15 Å². The first-order valence-electron chi connectivity index (χ1n) is 10.4. The highest BCUT2D eigenvalue weighted by molar-refractivity contribution is 6.01. The number of furan rings is 1. The van der Waals surface area contributed by atoms with E-state index >= 15 is 0 Å². The van der Waals surface area contributed by atoms with Gasteiger partial charge in [0.2, 0.25) is 5.82 Å². The van der Waals surface area contributed by atoms with Gasteiger partial charge in [0.15, 0.2) is 11.5 Å². The fraction of sp³-hybridized carbons (Fsp3) is 0.273. The lowest BCUT2D eigenvalue weighted by atomic mass is 10.1. The molecule has 0 spiro atoms. The molecule has 1 saturated heterocycles. The number of nitro groups is 1. The molecule has 0 N–H and O–H groups in total. The SMILES string of the molecule is O=C1CCc2c(Oc3ncnc(N4CCN(C(=O)c5ccco5)CC4)c3[N+](=O)[O-])cccc21. The summed E-state index contributed by atoms with van der Waals surface area (Å²) in [5, 5.41) is 12.0. The number of Topliss-reactive ketones (excluding diaryl/α,β-unsaturated/α-hetero) is 1. The van der Waals surface area contributed by atoms with Crippen LogP contribution in [0.2, 0.25) is 0 Å². The van der Waals surface area contributed by atoms with Gasteiger partial charge in [0, 0.05) is 43.7 Å². The van der Waals surface area contributed by atoms with Crippen LogP contribution in [0.25, 0.3) is 0 Å². The number of benzene rings is 1. The van der Waals surface area contributed by atoms with Crippen LogP contribution in [0.4, 0.5) is 11.5 Å². The predicted molar refractivity (Wildman–Crippen MR) is 115 cm³/mol. The van der Waals surface area contributed by atoms with E-state index in [1.54, 1.807) is 40.1 Å². The van der Waals surface area contributed by atoms with Gasteiger partial charge in [-0.15, -0.1) is 0 Å². The highest BCUT2D eigenvalue weighted by atomic mass is 16.6. The van der Waals surface area contributed by atoms with Gasteiger partial charge < -0.3 is 19.0 Å². The number of aromatic nitrogens is 2. The summed E-state index contributed by atoms with van der Waals surface area (Å²) in [5.74, 6) is 0.357. The first-order valence-corrected chi connectivity index (χ1v) is 10.4. The van der Waals surface area contributed by atoms with Crippen molar-refractivity contribution in [2.75, 3.05) is 31.1 Å². The van der Waals surface area contributed by atoms with Gasteiger partial charge in [-0.3, -0.25) is 19.7 Å². The Hall–Kier alpha value is -4.28. The monoisotopic (exact) mass is 449 g/mol. The number of anilines is 1. The molecular formula is C22H19N5O6. The van der Waals surface area contributed by atoms with Crippen LogP contribution < -0.4 is 9.64 Å². The first kappa shape index (κ1) is 20.6. The minimum absolute atomic E-state index is 0.0234. The van der Waals surface area contributed by atoms with Crippen LogP contribution in [-0.2, 0) is 6.42 Å². The molecule has 11 heteroatoms. The number of amides is 1. The fourth-order valence-corrected chi connectivity index (χ4v) is 4.15.